The summed E-state index contributed by atoms with van der Waals surface area (Å²) in [4.78, 5) is 24.4. The monoisotopic (exact) mass is 549 g/mol. The molecule has 1 aliphatic rings. The zero-order valence-corrected chi connectivity index (χ0v) is 21.5. The molecule has 0 saturated carbocycles. The lowest BCUT2D eigenvalue weighted by Gasteiger charge is -2.19. The van der Waals surface area contributed by atoms with Crippen LogP contribution in [0, 0.1) is 0 Å². The Labute approximate surface area is 206 Å². The third kappa shape index (κ3) is 13.4. The van der Waals surface area contributed by atoms with Gasteiger partial charge in [0.05, 0.1) is 0 Å². The van der Waals surface area contributed by atoms with Crippen molar-refractivity contribution in [2.75, 3.05) is 0 Å². The van der Waals surface area contributed by atoms with Gasteiger partial charge in [-0.1, -0.05) is 102 Å². The predicted molar refractivity (Wildman–Crippen MR) is 143 cm³/mol. The van der Waals surface area contributed by atoms with Crippen molar-refractivity contribution in [3.63, 3.8) is 0 Å². The fourth-order valence-electron chi connectivity index (χ4n) is 2.99. The second kappa shape index (κ2) is 16.6. The Morgan fingerprint density at radius 2 is 1.69 bits per heavy atom. The minimum absolute atomic E-state index is 0.0757. The summed E-state index contributed by atoms with van der Waals surface area (Å²) in [5.41, 5.74) is 1.84. The largest absolute Gasteiger partial charge is 0.381 e. The smallest absolute Gasteiger partial charge is 0.244 e. The number of allylic oxidation sites excluding steroid dienone is 10. The number of nitrogens with one attached hydrogen (secondary N) is 1. The van der Waals surface area contributed by atoms with E-state index in [0.717, 1.165) is 43.3 Å². The molecule has 3 atom stereocenters. The van der Waals surface area contributed by atoms with E-state index in [0.29, 0.717) is 3.92 Å². The number of rotatable bonds is 4. The van der Waals surface area contributed by atoms with Crippen molar-refractivity contribution in [3.05, 3.63) is 84.1 Å². The third-order valence-corrected chi connectivity index (χ3v) is 5.80. The van der Waals surface area contributed by atoms with Crippen LogP contribution in [0.3, 0.4) is 0 Å². The van der Waals surface area contributed by atoms with Crippen LogP contribution in [0.5, 0.6) is 0 Å². The first kappa shape index (κ1) is 28.0. The number of aliphatic hydroxyl groups is 1. The van der Waals surface area contributed by atoms with Crippen molar-refractivity contribution < 1.29 is 14.7 Å². The molecule has 1 rings (SSSR count). The Hall–Kier alpha value is -1.99. The first-order valence-corrected chi connectivity index (χ1v) is 12.4. The molecular weight excluding hydrogens is 513 g/mol. The lowest BCUT2D eigenvalue weighted by molar-refractivity contribution is -0.120. The van der Waals surface area contributed by atoms with Crippen molar-refractivity contribution in [2.45, 2.75) is 68.9 Å². The molecule has 0 spiro atoms. The molecule has 2 N–H and O–H groups in total. The maximum atomic E-state index is 12.4. The fourth-order valence-corrected chi connectivity index (χ4v) is 3.86. The summed E-state index contributed by atoms with van der Waals surface area (Å²) in [7, 11) is 0. The van der Waals surface area contributed by atoms with Crippen LogP contribution in [0.2, 0.25) is 0 Å². The first-order chi connectivity index (χ1) is 15.3. The van der Waals surface area contributed by atoms with Crippen LogP contribution < -0.4 is 5.32 Å². The molecule has 0 aromatic carbocycles. The van der Waals surface area contributed by atoms with Gasteiger partial charge in [-0.25, -0.2) is 0 Å². The highest BCUT2D eigenvalue weighted by molar-refractivity contribution is 14.1. The summed E-state index contributed by atoms with van der Waals surface area (Å²) >= 11 is 2.44. The summed E-state index contributed by atoms with van der Waals surface area (Å²) in [6.07, 6.45) is 25.0. The van der Waals surface area contributed by atoms with Gasteiger partial charge in [-0.3, -0.25) is 9.59 Å². The van der Waals surface area contributed by atoms with Crippen LogP contribution >= 0.6 is 22.6 Å². The molecule has 1 amide bonds. The third-order valence-electron chi connectivity index (χ3n) is 4.79. The standard InChI is InChI=1S/C27H36INO3/c1-4-5-6-7-14-24-20-23(28)18-17-21(2)12-8-10-15-25(30)26(31)19-22(3)13-9-11-16-27(32)29-24/h6-13,15-17,19,23-24,26,31H,4-5,14,18,20H2,1-3H3,(H,29,32)/b7-6+,12-8+,13-9+,15-10-,16-11+,21-17+,22-19-. The summed E-state index contributed by atoms with van der Waals surface area (Å²) < 4.78 is 0.385. The van der Waals surface area contributed by atoms with Gasteiger partial charge in [0.2, 0.25) is 5.91 Å². The Kier molecular flexibility index (Phi) is 14.6. The normalized spacial score (nSPS) is 31.6. The molecule has 0 fully saturated rings. The van der Waals surface area contributed by atoms with Crippen molar-refractivity contribution >= 4 is 34.3 Å². The number of hydrogen-bond acceptors (Lipinski definition) is 3. The summed E-state index contributed by atoms with van der Waals surface area (Å²) in [5.74, 6) is -0.502. The molecular formula is C27H36INO3. The quantitative estimate of drug-likeness (QED) is 0.262. The van der Waals surface area contributed by atoms with Crippen LogP contribution in [0.25, 0.3) is 0 Å². The van der Waals surface area contributed by atoms with Crippen molar-refractivity contribution in [3.8, 4) is 0 Å². The molecule has 0 aliphatic carbocycles. The lowest BCUT2D eigenvalue weighted by atomic mass is 10.0. The zero-order chi connectivity index (χ0) is 23.8. The number of carbonyl (C=O) groups is 2. The van der Waals surface area contributed by atoms with E-state index < -0.39 is 6.10 Å². The minimum atomic E-state index is -1.19. The van der Waals surface area contributed by atoms with Crippen LogP contribution in [0.1, 0.15) is 52.9 Å². The predicted octanol–water partition coefficient (Wildman–Crippen LogP) is 5.86. The Balaban J connectivity index is 3.04. The lowest BCUT2D eigenvalue weighted by Crippen LogP contribution is -2.35. The molecule has 4 nitrogen and oxygen atoms in total. The minimum Gasteiger partial charge on any atom is -0.381 e. The Morgan fingerprint density at radius 3 is 2.41 bits per heavy atom. The second-order valence-corrected chi connectivity index (χ2v) is 9.67. The van der Waals surface area contributed by atoms with Crippen LogP contribution in [-0.4, -0.2) is 32.9 Å². The van der Waals surface area contributed by atoms with Gasteiger partial charge in [0.1, 0.15) is 6.10 Å². The number of carbonyl (C=O) groups excluding carboxylic acids is 2. The maximum absolute atomic E-state index is 12.4. The summed E-state index contributed by atoms with van der Waals surface area (Å²) in [5, 5.41) is 13.2. The summed E-state index contributed by atoms with van der Waals surface area (Å²) in [6, 6.07) is 0.0757. The molecule has 5 heteroatoms. The molecule has 0 saturated heterocycles. The van der Waals surface area contributed by atoms with Gasteiger partial charge in [0, 0.05) is 16.0 Å². The zero-order valence-electron chi connectivity index (χ0n) is 19.3. The van der Waals surface area contributed by atoms with Gasteiger partial charge in [-0.05, 0) is 51.7 Å². The molecule has 1 aliphatic heterocycles. The van der Waals surface area contributed by atoms with E-state index in [9.17, 15) is 14.7 Å². The second-order valence-electron chi connectivity index (χ2n) is 7.91. The molecule has 1 heterocycles. The Bertz CT molecular complexity index is 815. The van der Waals surface area contributed by atoms with Crippen LogP contribution in [-0.2, 0) is 9.59 Å². The van der Waals surface area contributed by atoms with Crippen LogP contribution in [0.4, 0.5) is 0 Å². The Morgan fingerprint density at radius 1 is 1.03 bits per heavy atom. The van der Waals surface area contributed by atoms with E-state index in [1.165, 1.54) is 18.2 Å². The molecule has 0 radical (unpaired) electrons. The molecule has 3 unspecified atom stereocenters. The maximum Gasteiger partial charge on any atom is 0.244 e. The SMILES string of the molecule is CCC/C=C/CC1CC(I)C/C=C(C)/C=C/C=C\C(=O)C(O)\C=C(C)/C=C/C=C/C(=O)N1. The number of unbranched alkanes of at least 4 members (excludes halogenated alkanes) is 1. The van der Waals surface area contributed by atoms with E-state index in [4.69, 9.17) is 0 Å². The molecule has 32 heavy (non-hydrogen) atoms. The topological polar surface area (TPSA) is 66.4 Å². The van der Waals surface area contributed by atoms with Crippen molar-refractivity contribution in [1.82, 2.24) is 5.32 Å². The molecule has 0 bridgehead atoms. The summed E-state index contributed by atoms with van der Waals surface area (Å²) in [6.45, 7) is 5.97. The number of ketones is 1. The molecule has 0 aromatic heterocycles. The van der Waals surface area contributed by atoms with E-state index in [1.807, 2.05) is 13.0 Å². The van der Waals surface area contributed by atoms with E-state index in [-0.39, 0.29) is 17.7 Å². The average molecular weight is 549 g/mol. The number of hydrogen-bond donors (Lipinski definition) is 2. The van der Waals surface area contributed by atoms with Crippen LogP contribution in [0.15, 0.2) is 84.1 Å². The number of halogens is 1. The van der Waals surface area contributed by atoms with E-state index in [2.05, 4.69) is 53.1 Å². The van der Waals surface area contributed by atoms with Crippen molar-refractivity contribution in [1.29, 1.82) is 0 Å². The number of aliphatic hydroxyl groups excluding tert-OH is 1. The fraction of sp³-hybridized carbons (Fsp3) is 0.407. The molecule has 174 valence electrons. The molecule has 0 aromatic rings. The van der Waals surface area contributed by atoms with Gasteiger partial charge in [0.25, 0.3) is 0 Å². The van der Waals surface area contributed by atoms with Gasteiger partial charge < -0.3 is 10.4 Å². The van der Waals surface area contributed by atoms with E-state index >= 15 is 0 Å². The van der Waals surface area contributed by atoms with Gasteiger partial charge in [0.15, 0.2) is 5.78 Å². The highest BCUT2D eigenvalue weighted by atomic mass is 127. The highest BCUT2D eigenvalue weighted by Gasteiger charge is 2.14. The van der Waals surface area contributed by atoms with Crippen molar-refractivity contribution in [2.24, 2.45) is 0 Å². The van der Waals surface area contributed by atoms with E-state index in [1.54, 1.807) is 37.3 Å². The van der Waals surface area contributed by atoms with Gasteiger partial charge in [-0.15, -0.1) is 0 Å². The van der Waals surface area contributed by atoms with Gasteiger partial charge >= 0.3 is 0 Å². The average Bonchev–Trinajstić information content (AvgIpc) is 2.74. The first-order valence-electron chi connectivity index (χ1n) is 11.2. The number of amides is 1. The van der Waals surface area contributed by atoms with Gasteiger partial charge in [-0.2, -0.15) is 0 Å². The number of alkyl halides is 1. The highest BCUT2D eigenvalue weighted by Crippen LogP contribution is 2.18.